The largest absolute Gasteiger partial charge is 0.381 e. The van der Waals surface area contributed by atoms with Gasteiger partial charge in [-0.1, -0.05) is 24.3 Å². The normalized spacial score (nSPS) is 16.9. The molecule has 1 N–H and O–H groups in total. The molecule has 0 amide bonds. The van der Waals surface area contributed by atoms with E-state index in [1.807, 2.05) is 42.2 Å². The molecule has 6 rings (SSSR count). The molecule has 7 heteroatoms. The van der Waals surface area contributed by atoms with Crippen LogP contribution in [0.4, 0.5) is 5.82 Å². The Morgan fingerprint density at radius 3 is 2.83 bits per heavy atom. The Balaban J connectivity index is 1.10. The minimum atomic E-state index is 0.763. The maximum Gasteiger partial charge on any atom is 0.148 e. The molecule has 4 heterocycles. The van der Waals surface area contributed by atoms with E-state index in [0.29, 0.717) is 0 Å². The van der Waals surface area contributed by atoms with E-state index in [1.54, 1.807) is 0 Å². The van der Waals surface area contributed by atoms with Crippen LogP contribution in [-0.2, 0) is 31.3 Å². The average Bonchev–Trinajstić information content (AvgIpc) is 3.27. The molecule has 0 aliphatic carbocycles. The van der Waals surface area contributed by atoms with Crippen LogP contribution in [0.1, 0.15) is 29.5 Å². The number of hydrogen-bond donors (Lipinski definition) is 1. The van der Waals surface area contributed by atoms with Crippen molar-refractivity contribution in [1.29, 1.82) is 0 Å². The van der Waals surface area contributed by atoms with Crippen molar-refractivity contribution in [3.63, 3.8) is 0 Å². The molecule has 35 heavy (non-hydrogen) atoms. The number of aryl methyl sites for hydroxylation is 1. The van der Waals surface area contributed by atoms with Crippen LogP contribution < -0.4 is 5.32 Å². The average molecular weight is 469 g/mol. The van der Waals surface area contributed by atoms with Crippen molar-refractivity contribution in [1.82, 2.24) is 24.9 Å². The number of rotatable bonds is 6. The highest BCUT2D eigenvalue weighted by Gasteiger charge is 2.22. The third-order valence-electron chi connectivity index (χ3n) is 7.34. The van der Waals surface area contributed by atoms with Gasteiger partial charge in [-0.15, -0.1) is 10.2 Å². The minimum Gasteiger partial charge on any atom is -0.381 e. The summed E-state index contributed by atoms with van der Waals surface area (Å²) < 4.78 is 7.36. The van der Waals surface area contributed by atoms with Gasteiger partial charge in [-0.3, -0.25) is 9.58 Å². The van der Waals surface area contributed by atoms with Crippen molar-refractivity contribution in [3.8, 4) is 11.3 Å². The number of nitrogens with one attached hydrogen (secondary N) is 1. The third-order valence-corrected chi connectivity index (χ3v) is 7.34. The van der Waals surface area contributed by atoms with Crippen LogP contribution in [0.2, 0.25) is 0 Å². The molecule has 0 spiro atoms. The highest BCUT2D eigenvalue weighted by atomic mass is 16.5. The topological polar surface area (TPSA) is 68.1 Å². The molecular formula is C28H32N6O. The first-order valence-electron chi connectivity index (χ1n) is 12.6. The maximum atomic E-state index is 5.53. The zero-order valence-corrected chi connectivity index (χ0v) is 20.3. The van der Waals surface area contributed by atoms with E-state index in [-0.39, 0.29) is 0 Å². The van der Waals surface area contributed by atoms with Crippen LogP contribution in [0, 0.1) is 5.92 Å². The Hall–Kier alpha value is -3.29. The molecule has 0 atom stereocenters. The number of anilines is 1. The molecule has 4 aromatic rings. The molecular weight excluding hydrogens is 436 g/mol. The van der Waals surface area contributed by atoms with Crippen molar-refractivity contribution in [2.24, 2.45) is 13.0 Å². The van der Waals surface area contributed by atoms with Crippen LogP contribution in [0.5, 0.6) is 0 Å². The van der Waals surface area contributed by atoms with Crippen LogP contribution >= 0.6 is 0 Å². The molecule has 0 bridgehead atoms. The van der Waals surface area contributed by atoms with E-state index in [1.165, 1.54) is 36.1 Å². The zero-order chi connectivity index (χ0) is 23.6. The van der Waals surface area contributed by atoms with Crippen LogP contribution in [0.25, 0.3) is 22.2 Å². The SMILES string of the molecule is Cn1cc2cc(-c3ccc(NCc4cccc5c4CCN(CC4CCOCC4)C5)nn3)ccc2n1. The maximum absolute atomic E-state index is 5.53. The van der Waals surface area contributed by atoms with E-state index in [9.17, 15) is 0 Å². The van der Waals surface area contributed by atoms with Crippen LogP contribution in [0.15, 0.2) is 54.7 Å². The second-order valence-electron chi connectivity index (χ2n) is 9.83. The van der Waals surface area contributed by atoms with E-state index in [0.717, 1.165) is 73.2 Å². The fourth-order valence-corrected chi connectivity index (χ4v) is 5.44. The van der Waals surface area contributed by atoms with Crippen molar-refractivity contribution >= 4 is 16.7 Å². The molecule has 0 saturated carbocycles. The fraction of sp³-hybridized carbons (Fsp3) is 0.393. The number of benzene rings is 2. The summed E-state index contributed by atoms with van der Waals surface area (Å²) in [7, 11) is 1.94. The molecule has 0 unspecified atom stereocenters. The summed E-state index contributed by atoms with van der Waals surface area (Å²) in [5.41, 5.74) is 7.23. The van der Waals surface area contributed by atoms with Crippen molar-refractivity contribution < 1.29 is 4.74 Å². The Kier molecular flexibility index (Phi) is 6.19. The Morgan fingerprint density at radius 2 is 1.97 bits per heavy atom. The molecule has 0 radical (unpaired) electrons. The smallest absolute Gasteiger partial charge is 0.148 e. The number of nitrogens with zero attached hydrogens (tertiary/aromatic N) is 5. The lowest BCUT2D eigenvalue weighted by Crippen LogP contribution is -2.36. The van der Waals surface area contributed by atoms with Gasteiger partial charge in [0.15, 0.2) is 0 Å². The van der Waals surface area contributed by atoms with Gasteiger partial charge in [0.1, 0.15) is 5.82 Å². The number of aromatic nitrogens is 4. The number of fused-ring (bicyclic) bond motifs is 2. The molecule has 2 aliphatic heterocycles. The van der Waals surface area contributed by atoms with Crippen molar-refractivity contribution in [2.75, 3.05) is 31.6 Å². The van der Waals surface area contributed by atoms with E-state index < -0.39 is 0 Å². The highest BCUT2D eigenvalue weighted by Crippen LogP contribution is 2.26. The van der Waals surface area contributed by atoms with Gasteiger partial charge in [-0.2, -0.15) is 5.10 Å². The first kappa shape index (κ1) is 22.2. The van der Waals surface area contributed by atoms with E-state index in [2.05, 4.69) is 49.8 Å². The number of ether oxygens (including phenoxy) is 1. The molecule has 180 valence electrons. The predicted molar refractivity (Wildman–Crippen MR) is 138 cm³/mol. The van der Waals surface area contributed by atoms with Gasteiger partial charge in [0.05, 0.1) is 11.2 Å². The van der Waals surface area contributed by atoms with Gasteiger partial charge in [0, 0.05) is 63.6 Å². The van der Waals surface area contributed by atoms with E-state index in [4.69, 9.17) is 4.74 Å². The van der Waals surface area contributed by atoms with Gasteiger partial charge in [-0.05, 0) is 66.1 Å². The first-order valence-corrected chi connectivity index (χ1v) is 12.6. The number of hydrogen-bond acceptors (Lipinski definition) is 6. The van der Waals surface area contributed by atoms with Gasteiger partial charge in [0.25, 0.3) is 0 Å². The Bertz CT molecular complexity index is 1310. The summed E-state index contributed by atoms with van der Waals surface area (Å²) in [4.78, 5) is 2.63. The second-order valence-corrected chi connectivity index (χ2v) is 9.83. The summed E-state index contributed by atoms with van der Waals surface area (Å²) in [5, 5.41) is 17.9. The summed E-state index contributed by atoms with van der Waals surface area (Å²) in [6.45, 7) is 6.00. The fourth-order valence-electron chi connectivity index (χ4n) is 5.44. The van der Waals surface area contributed by atoms with Crippen molar-refractivity contribution in [3.05, 3.63) is 71.4 Å². The zero-order valence-electron chi connectivity index (χ0n) is 20.3. The summed E-state index contributed by atoms with van der Waals surface area (Å²) in [5.74, 6) is 1.58. The molecule has 2 aromatic carbocycles. The van der Waals surface area contributed by atoms with Crippen LogP contribution in [0.3, 0.4) is 0 Å². The monoisotopic (exact) mass is 468 g/mol. The standard InChI is InChI=1S/C28H32N6O/c1-33-18-24-15-21(5-6-27(24)32-33)26-7-8-28(31-30-26)29-16-22-3-2-4-23-19-34(12-9-25(22)23)17-20-10-13-35-14-11-20/h2-8,15,18,20H,9-14,16-17,19H2,1H3,(H,29,31). The van der Waals surface area contributed by atoms with E-state index >= 15 is 0 Å². The predicted octanol–water partition coefficient (Wildman–Crippen LogP) is 4.43. The molecule has 2 aliphatic rings. The third kappa shape index (κ3) is 4.92. The van der Waals surface area contributed by atoms with Crippen LogP contribution in [-0.4, -0.2) is 51.2 Å². The molecule has 7 nitrogen and oxygen atoms in total. The summed E-state index contributed by atoms with van der Waals surface area (Å²) in [6.07, 6.45) is 5.53. The second kappa shape index (κ2) is 9.76. The summed E-state index contributed by atoms with van der Waals surface area (Å²) in [6, 6.07) is 17.0. The molecule has 1 saturated heterocycles. The molecule has 1 fully saturated rings. The van der Waals surface area contributed by atoms with Gasteiger partial charge in [0.2, 0.25) is 0 Å². The summed E-state index contributed by atoms with van der Waals surface area (Å²) >= 11 is 0. The lowest BCUT2D eigenvalue weighted by Gasteiger charge is -2.34. The molecule has 2 aromatic heterocycles. The van der Waals surface area contributed by atoms with Crippen molar-refractivity contribution in [2.45, 2.75) is 32.4 Å². The minimum absolute atomic E-state index is 0.763. The highest BCUT2D eigenvalue weighted by molar-refractivity contribution is 5.83. The lowest BCUT2D eigenvalue weighted by atomic mass is 9.92. The van der Waals surface area contributed by atoms with Gasteiger partial charge >= 0.3 is 0 Å². The Labute approximate surface area is 206 Å². The Morgan fingerprint density at radius 1 is 1.06 bits per heavy atom. The first-order chi connectivity index (χ1) is 17.2. The quantitative estimate of drug-likeness (QED) is 0.452. The van der Waals surface area contributed by atoms with Gasteiger partial charge in [-0.25, -0.2) is 0 Å². The lowest BCUT2D eigenvalue weighted by molar-refractivity contribution is 0.0506. The van der Waals surface area contributed by atoms with Gasteiger partial charge < -0.3 is 10.1 Å².